The quantitative estimate of drug-likeness (QED) is 0.586. The second-order valence-electron chi connectivity index (χ2n) is 4.14. The predicted molar refractivity (Wildman–Crippen MR) is 65.4 cm³/mol. The summed E-state index contributed by atoms with van der Waals surface area (Å²) in [5.41, 5.74) is 1.03. The average molecular weight is 209 g/mol. The third-order valence-electron chi connectivity index (χ3n) is 2.88. The van der Waals surface area contributed by atoms with Crippen LogP contribution in [0, 0.1) is 5.41 Å². The Labute approximate surface area is 92.8 Å². The summed E-state index contributed by atoms with van der Waals surface area (Å²) >= 11 is 0. The maximum atomic E-state index is 7.28. The van der Waals surface area contributed by atoms with Gasteiger partial charge >= 0.3 is 0 Å². The van der Waals surface area contributed by atoms with Crippen molar-refractivity contribution in [1.29, 1.82) is 5.41 Å². The molecule has 0 radical (unpaired) electrons. The van der Waals surface area contributed by atoms with Crippen molar-refractivity contribution in [3.63, 3.8) is 0 Å². The van der Waals surface area contributed by atoms with Gasteiger partial charge in [-0.3, -0.25) is 0 Å². The molecule has 3 heteroatoms. The van der Waals surface area contributed by atoms with Crippen LogP contribution in [0.5, 0.6) is 0 Å². The molecule has 0 aliphatic heterocycles. The maximum absolute atomic E-state index is 7.28. The molecule has 1 aliphatic rings. The minimum atomic E-state index is 0.670. The Balaban J connectivity index is 2.23. The summed E-state index contributed by atoms with van der Waals surface area (Å²) < 4.78 is 0. The first-order valence-electron chi connectivity index (χ1n) is 6.03. The fourth-order valence-electron chi connectivity index (χ4n) is 1.95. The van der Waals surface area contributed by atoms with Crippen LogP contribution in [0.2, 0.25) is 0 Å². The van der Waals surface area contributed by atoms with Crippen molar-refractivity contribution in [2.45, 2.75) is 45.1 Å². The minimum absolute atomic E-state index is 0.670. The van der Waals surface area contributed by atoms with E-state index in [0.717, 1.165) is 18.7 Å². The molecule has 1 saturated carbocycles. The van der Waals surface area contributed by atoms with E-state index in [2.05, 4.69) is 17.6 Å². The zero-order chi connectivity index (χ0) is 10.9. The molecule has 1 rings (SSSR count). The first-order valence-corrected chi connectivity index (χ1v) is 6.03. The van der Waals surface area contributed by atoms with Crippen molar-refractivity contribution in [3.05, 3.63) is 11.8 Å². The molecule has 3 nitrogen and oxygen atoms in total. The molecule has 0 atom stereocenters. The van der Waals surface area contributed by atoms with Gasteiger partial charge < -0.3 is 16.0 Å². The number of nitrogens with one attached hydrogen (secondary N) is 3. The molecule has 1 aliphatic carbocycles. The zero-order valence-corrected chi connectivity index (χ0v) is 9.68. The lowest BCUT2D eigenvalue weighted by atomic mass is 9.95. The van der Waals surface area contributed by atoms with Crippen LogP contribution in [0.1, 0.15) is 39.0 Å². The SMILES string of the molecule is CCN/C=C(\C=N)CNC1CCCCC1. The maximum Gasteiger partial charge on any atom is 0.0237 e. The molecule has 0 aromatic heterocycles. The molecule has 86 valence electrons. The number of rotatable bonds is 6. The van der Waals surface area contributed by atoms with Gasteiger partial charge in [-0.15, -0.1) is 0 Å². The number of hydrogen-bond donors (Lipinski definition) is 3. The van der Waals surface area contributed by atoms with E-state index in [-0.39, 0.29) is 0 Å². The second-order valence-corrected chi connectivity index (χ2v) is 4.14. The van der Waals surface area contributed by atoms with Crippen molar-refractivity contribution in [1.82, 2.24) is 10.6 Å². The lowest BCUT2D eigenvalue weighted by Gasteiger charge is -2.22. The Kier molecular flexibility index (Phi) is 6.09. The summed E-state index contributed by atoms with van der Waals surface area (Å²) in [6, 6.07) is 0.670. The summed E-state index contributed by atoms with van der Waals surface area (Å²) in [5, 5.41) is 13.9. The van der Waals surface area contributed by atoms with Crippen molar-refractivity contribution < 1.29 is 0 Å². The monoisotopic (exact) mass is 209 g/mol. The molecule has 0 unspecified atom stereocenters. The summed E-state index contributed by atoms with van der Waals surface area (Å²) in [6.07, 6.45) is 10.1. The molecule has 0 aromatic carbocycles. The van der Waals surface area contributed by atoms with E-state index in [4.69, 9.17) is 5.41 Å². The summed E-state index contributed by atoms with van der Waals surface area (Å²) in [5.74, 6) is 0. The van der Waals surface area contributed by atoms with E-state index < -0.39 is 0 Å². The fourth-order valence-corrected chi connectivity index (χ4v) is 1.95. The van der Waals surface area contributed by atoms with Gasteiger partial charge in [-0.05, 0) is 25.3 Å². The van der Waals surface area contributed by atoms with Crippen LogP contribution in [-0.2, 0) is 0 Å². The molecule has 0 saturated heterocycles. The molecule has 0 spiro atoms. The van der Waals surface area contributed by atoms with Crippen LogP contribution in [0.3, 0.4) is 0 Å². The van der Waals surface area contributed by atoms with Gasteiger partial charge in [0.05, 0.1) is 0 Å². The predicted octanol–water partition coefficient (Wildman–Crippen LogP) is 2.05. The molecule has 15 heavy (non-hydrogen) atoms. The lowest BCUT2D eigenvalue weighted by Crippen LogP contribution is -2.33. The van der Waals surface area contributed by atoms with Crippen molar-refractivity contribution in [2.24, 2.45) is 0 Å². The highest BCUT2D eigenvalue weighted by Crippen LogP contribution is 2.17. The molecule has 0 bridgehead atoms. The lowest BCUT2D eigenvalue weighted by molar-refractivity contribution is 0.384. The van der Waals surface area contributed by atoms with Crippen LogP contribution in [0.4, 0.5) is 0 Å². The third kappa shape index (κ3) is 4.98. The van der Waals surface area contributed by atoms with Crippen molar-refractivity contribution in [3.8, 4) is 0 Å². The standard InChI is InChI=1S/C12H23N3/c1-2-14-9-11(8-13)10-15-12-6-4-3-5-7-12/h8-9,12-15H,2-7,10H2,1H3/b11-9+,13-8?. The summed E-state index contributed by atoms with van der Waals surface area (Å²) in [7, 11) is 0. The summed E-state index contributed by atoms with van der Waals surface area (Å²) in [6.45, 7) is 3.80. The molecule has 0 amide bonds. The van der Waals surface area contributed by atoms with Crippen molar-refractivity contribution >= 4 is 6.21 Å². The van der Waals surface area contributed by atoms with Crippen LogP contribution in [0.15, 0.2) is 11.8 Å². The zero-order valence-electron chi connectivity index (χ0n) is 9.68. The van der Waals surface area contributed by atoms with E-state index in [1.165, 1.54) is 38.3 Å². The Morgan fingerprint density at radius 3 is 2.67 bits per heavy atom. The third-order valence-corrected chi connectivity index (χ3v) is 2.88. The fraction of sp³-hybridized carbons (Fsp3) is 0.750. The normalized spacial score (nSPS) is 18.9. The molecule has 0 heterocycles. The van der Waals surface area contributed by atoms with Crippen LogP contribution < -0.4 is 10.6 Å². The van der Waals surface area contributed by atoms with Crippen LogP contribution >= 0.6 is 0 Å². The molecule has 0 aromatic rings. The van der Waals surface area contributed by atoms with E-state index in [0.29, 0.717) is 6.04 Å². The van der Waals surface area contributed by atoms with E-state index >= 15 is 0 Å². The van der Waals surface area contributed by atoms with Crippen LogP contribution in [0.25, 0.3) is 0 Å². The minimum Gasteiger partial charge on any atom is -0.391 e. The van der Waals surface area contributed by atoms with E-state index in [1.54, 1.807) is 0 Å². The van der Waals surface area contributed by atoms with Gasteiger partial charge in [0, 0.05) is 31.5 Å². The highest BCUT2D eigenvalue weighted by Gasteiger charge is 2.12. The Bertz CT molecular complexity index is 205. The highest BCUT2D eigenvalue weighted by atomic mass is 14.9. The molecule has 3 N–H and O–H groups in total. The van der Waals surface area contributed by atoms with Gasteiger partial charge in [0.2, 0.25) is 0 Å². The Hall–Kier alpha value is -0.830. The highest BCUT2D eigenvalue weighted by molar-refractivity contribution is 5.76. The van der Waals surface area contributed by atoms with Gasteiger partial charge in [-0.25, -0.2) is 0 Å². The van der Waals surface area contributed by atoms with Crippen molar-refractivity contribution in [2.75, 3.05) is 13.1 Å². The van der Waals surface area contributed by atoms with Gasteiger partial charge in [0.1, 0.15) is 0 Å². The Morgan fingerprint density at radius 1 is 1.33 bits per heavy atom. The largest absolute Gasteiger partial charge is 0.391 e. The van der Waals surface area contributed by atoms with Gasteiger partial charge in [0.25, 0.3) is 0 Å². The van der Waals surface area contributed by atoms with Gasteiger partial charge in [0.15, 0.2) is 0 Å². The Morgan fingerprint density at radius 2 is 2.07 bits per heavy atom. The first-order chi connectivity index (χ1) is 7.36. The van der Waals surface area contributed by atoms with Crippen LogP contribution in [-0.4, -0.2) is 25.3 Å². The topological polar surface area (TPSA) is 47.9 Å². The van der Waals surface area contributed by atoms with Gasteiger partial charge in [-0.1, -0.05) is 19.3 Å². The summed E-state index contributed by atoms with van der Waals surface area (Å²) in [4.78, 5) is 0. The average Bonchev–Trinajstić information content (AvgIpc) is 2.31. The molecular formula is C12H23N3. The second kappa shape index (κ2) is 7.46. The number of hydrogen-bond acceptors (Lipinski definition) is 3. The first kappa shape index (κ1) is 12.2. The van der Waals surface area contributed by atoms with Gasteiger partial charge in [-0.2, -0.15) is 0 Å². The molecule has 1 fully saturated rings. The molecular weight excluding hydrogens is 186 g/mol. The smallest absolute Gasteiger partial charge is 0.0237 e. The van der Waals surface area contributed by atoms with E-state index in [1.807, 2.05) is 6.20 Å². The van der Waals surface area contributed by atoms with E-state index in [9.17, 15) is 0 Å².